The lowest BCUT2D eigenvalue weighted by Crippen LogP contribution is -2.36. The molecular weight excluding hydrogens is 291 g/mol. The van der Waals surface area contributed by atoms with Gasteiger partial charge in [0.1, 0.15) is 5.82 Å². The second kappa shape index (κ2) is 6.85. The molecule has 2 unspecified atom stereocenters. The molecule has 0 aromatic heterocycles. The first-order chi connectivity index (χ1) is 9.94. The Morgan fingerprint density at radius 1 is 1.33 bits per heavy atom. The monoisotopic (exact) mass is 314 g/mol. The Labute approximate surface area is 126 Å². The zero-order valence-corrected chi connectivity index (χ0v) is 13.3. The average molecular weight is 314 g/mol. The Balaban J connectivity index is 2.19. The standard InChI is InChI=1S/C15H23FN2O2S/c1-3-17-10-12-9-13(7-8-14(12)16)21(19,20)18-15-6-4-5-11(15)2/h7-9,11,15,17-18H,3-6,10H2,1-2H3. The van der Waals surface area contributed by atoms with Crippen molar-refractivity contribution in [3.05, 3.63) is 29.6 Å². The number of hydrogen-bond acceptors (Lipinski definition) is 3. The molecule has 21 heavy (non-hydrogen) atoms. The van der Waals surface area contributed by atoms with Gasteiger partial charge in [0.15, 0.2) is 0 Å². The molecule has 0 radical (unpaired) electrons. The third-order valence-corrected chi connectivity index (χ3v) is 5.55. The molecule has 1 fully saturated rings. The van der Waals surface area contributed by atoms with Crippen molar-refractivity contribution >= 4 is 10.0 Å². The van der Waals surface area contributed by atoms with Gasteiger partial charge in [0.05, 0.1) is 4.90 Å². The van der Waals surface area contributed by atoms with Gasteiger partial charge in [-0.05, 0) is 43.5 Å². The normalized spacial score (nSPS) is 22.6. The van der Waals surface area contributed by atoms with Gasteiger partial charge >= 0.3 is 0 Å². The van der Waals surface area contributed by atoms with Crippen LogP contribution in [0.25, 0.3) is 0 Å². The Bertz CT molecular complexity index is 589. The molecule has 2 N–H and O–H groups in total. The summed E-state index contributed by atoms with van der Waals surface area (Å²) in [4.78, 5) is 0.135. The van der Waals surface area contributed by atoms with Gasteiger partial charge in [0, 0.05) is 18.2 Å². The van der Waals surface area contributed by atoms with Crippen LogP contribution in [0.4, 0.5) is 4.39 Å². The van der Waals surface area contributed by atoms with Crippen molar-refractivity contribution in [2.45, 2.75) is 50.6 Å². The van der Waals surface area contributed by atoms with Crippen molar-refractivity contribution in [2.75, 3.05) is 6.54 Å². The summed E-state index contributed by atoms with van der Waals surface area (Å²) in [6.07, 6.45) is 2.96. The van der Waals surface area contributed by atoms with E-state index in [0.717, 1.165) is 19.3 Å². The van der Waals surface area contributed by atoms with Crippen LogP contribution in [0.15, 0.2) is 23.1 Å². The van der Waals surface area contributed by atoms with E-state index in [1.54, 1.807) is 0 Å². The first-order valence-electron chi connectivity index (χ1n) is 7.45. The second-order valence-corrected chi connectivity index (χ2v) is 7.38. The summed E-state index contributed by atoms with van der Waals surface area (Å²) in [5.74, 6) is -0.0365. The van der Waals surface area contributed by atoms with E-state index in [1.807, 2.05) is 6.92 Å². The van der Waals surface area contributed by atoms with E-state index in [0.29, 0.717) is 24.6 Å². The molecule has 0 saturated heterocycles. The fourth-order valence-corrected chi connectivity index (χ4v) is 4.13. The Kier molecular flexibility index (Phi) is 5.35. The van der Waals surface area contributed by atoms with Crippen LogP contribution in [0.2, 0.25) is 0 Å². The van der Waals surface area contributed by atoms with Crippen LogP contribution < -0.4 is 10.0 Å². The molecule has 1 aromatic rings. The smallest absolute Gasteiger partial charge is 0.240 e. The summed E-state index contributed by atoms with van der Waals surface area (Å²) < 4.78 is 41.3. The summed E-state index contributed by atoms with van der Waals surface area (Å²) >= 11 is 0. The van der Waals surface area contributed by atoms with E-state index in [4.69, 9.17) is 0 Å². The molecule has 0 spiro atoms. The average Bonchev–Trinajstić information content (AvgIpc) is 2.82. The molecule has 0 amide bonds. The van der Waals surface area contributed by atoms with Gasteiger partial charge < -0.3 is 5.32 Å². The summed E-state index contributed by atoms with van der Waals surface area (Å²) in [5.41, 5.74) is 0.374. The molecule has 118 valence electrons. The highest BCUT2D eigenvalue weighted by Crippen LogP contribution is 2.26. The van der Waals surface area contributed by atoms with Gasteiger partial charge in [-0.3, -0.25) is 0 Å². The molecule has 4 nitrogen and oxygen atoms in total. The molecule has 2 atom stereocenters. The lowest BCUT2D eigenvalue weighted by atomic mass is 10.1. The number of nitrogens with one attached hydrogen (secondary N) is 2. The largest absolute Gasteiger partial charge is 0.313 e. The maximum atomic E-state index is 13.7. The van der Waals surface area contributed by atoms with Gasteiger partial charge in [0.2, 0.25) is 10.0 Å². The van der Waals surface area contributed by atoms with Crippen LogP contribution in [-0.4, -0.2) is 21.0 Å². The van der Waals surface area contributed by atoms with Crippen molar-refractivity contribution in [2.24, 2.45) is 5.92 Å². The summed E-state index contributed by atoms with van der Waals surface area (Å²) in [7, 11) is -3.59. The van der Waals surface area contributed by atoms with Gasteiger partial charge in [-0.25, -0.2) is 17.5 Å². The molecule has 1 aromatic carbocycles. The van der Waals surface area contributed by atoms with Gasteiger partial charge in [-0.15, -0.1) is 0 Å². The SMILES string of the molecule is CCNCc1cc(S(=O)(=O)NC2CCCC2C)ccc1F. The molecule has 2 rings (SSSR count). The quantitative estimate of drug-likeness (QED) is 0.848. The van der Waals surface area contributed by atoms with Crippen LogP contribution in [-0.2, 0) is 16.6 Å². The van der Waals surface area contributed by atoms with Gasteiger partial charge in [-0.2, -0.15) is 0 Å². The second-order valence-electron chi connectivity index (χ2n) is 5.67. The Hall–Kier alpha value is -0.980. The third-order valence-electron chi connectivity index (χ3n) is 4.06. The fourth-order valence-electron chi connectivity index (χ4n) is 2.70. The molecule has 0 heterocycles. The minimum Gasteiger partial charge on any atom is -0.313 e. The maximum Gasteiger partial charge on any atom is 0.240 e. The molecule has 1 aliphatic rings. The van der Waals surface area contributed by atoms with E-state index in [9.17, 15) is 12.8 Å². The number of sulfonamides is 1. The fraction of sp³-hybridized carbons (Fsp3) is 0.600. The first kappa shape index (κ1) is 16.4. The topological polar surface area (TPSA) is 58.2 Å². The van der Waals surface area contributed by atoms with Crippen molar-refractivity contribution < 1.29 is 12.8 Å². The van der Waals surface area contributed by atoms with Crippen LogP contribution in [0.3, 0.4) is 0 Å². The van der Waals surface area contributed by atoms with Crippen molar-refractivity contribution in [1.82, 2.24) is 10.0 Å². The highest BCUT2D eigenvalue weighted by Gasteiger charge is 2.28. The van der Waals surface area contributed by atoms with Crippen LogP contribution >= 0.6 is 0 Å². The van der Waals surface area contributed by atoms with E-state index < -0.39 is 10.0 Å². The molecule has 6 heteroatoms. The summed E-state index contributed by atoms with van der Waals surface area (Å²) in [6.45, 7) is 5.00. The third kappa shape index (κ3) is 4.02. The number of benzene rings is 1. The molecule has 0 aliphatic heterocycles. The zero-order chi connectivity index (χ0) is 15.5. The summed E-state index contributed by atoms with van der Waals surface area (Å²) in [6, 6.07) is 3.95. The molecular formula is C15H23FN2O2S. The number of rotatable bonds is 6. The molecule has 0 bridgehead atoms. The lowest BCUT2D eigenvalue weighted by Gasteiger charge is -2.18. The van der Waals surface area contributed by atoms with E-state index in [2.05, 4.69) is 17.0 Å². The van der Waals surface area contributed by atoms with Gasteiger partial charge in [-0.1, -0.05) is 20.3 Å². The van der Waals surface area contributed by atoms with Crippen molar-refractivity contribution in [1.29, 1.82) is 0 Å². The number of hydrogen-bond donors (Lipinski definition) is 2. The zero-order valence-electron chi connectivity index (χ0n) is 12.5. The van der Waals surface area contributed by atoms with Crippen molar-refractivity contribution in [3.63, 3.8) is 0 Å². The van der Waals surface area contributed by atoms with Crippen LogP contribution in [0.5, 0.6) is 0 Å². The molecule has 1 aliphatic carbocycles. The minimum absolute atomic E-state index is 0.0164. The minimum atomic E-state index is -3.59. The van der Waals surface area contributed by atoms with Gasteiger partial charge in [0.25, 0.3) is 0 Å². The first-order valence-corrected chi connectivity index (χ1v) is 8.94. The van der Waals surface area contributed by atoms with E-state index in [1.165, 1.54) is 18.2 Å². The predicted molar refractivity (Wildman–Crippen MR) is 80.9 cm³/mol. The highest BCUT2D eigenvalue weighted by atomic mass is 32.2. The Morgan fingerprint density at radius 2 is 2.10 bits per heavy atom. The van der Waals surface area contributed by atoms with E-state index >= 15 is 0 Å². The van der Waals surface area contributed by atoms with E-state index in [-0.39, 0.29) is 16.8 Å². The Morgan fingerprint density at radius 3 is 2.71 bits per heavy atom. The highest BCUT2D eigenvalue weighted by molar-refractivity contribution is 7.89. The number of halogens is 1. The predicted octanol–water partition coefficient (Wildman–Crippen LogP) is 2.40. The van der Waals surface area contributed by atoms with Crippen molar-refractivity contribution in [3.8, 4) is 0 Å². The van der Waals surface area contributed by atoms with Crippen LogP contribution in [0.1, 0.15) is 38.7 Å². The molecule has 1 saturated carbocycles. The maximum absolute atomic E-state index is 13.7. The summed E-state index contributed by atoms with van der Waals surface area (Å²) in [5, 5.41) is 3.01. The lowest BCUT2D eigenvalue weighted by molar-refractivity contribution is 0.476. The van der Waals surface area contributed by atoms with Crippen LogP contribution in [0, 0.1) is 11.7 Å².